The van der Waals surface area contributed by atoms with Gasteiger partial charge in [0.25, 0.3) is 0 Å². The first kappa shape index (κ1) is 20.6. The van der Waals surface area contributed by atoms with Gasteiger partial charge in [-0.15, -0.1) is 0 Å². The predicted octanol–water partition coefficient (Wildman–Crippen LogP) is 4.05. The summed E-state index contributed by atoms with van der Waals surface area (Å²) in [4.78, 5) is 36.0. The third kappa shape index (κ3) is 6.86. The van der Waals surface area contributed by atoms with Crippen molar-refractivity contribution in [2.24, 2.45) is 0 Å². The van der Waals surface area contributed by atoms with Gasteiger partial charge in [-0.3, -0.25) is 9.59 Å². The molecular formula is C20H20BrNO5. The maximum Gasteiger partial charge on any atom is 0.407 e. The van der Waals surface area contributed by atoms with Gasteiger partial charge in [0, 0.05) is 10.0 Å². The molecule has 2 aromatic rings. The number of esters is 1. The highest BCUT2D eigenvalue weighted by Gasteiger charge is 2.20. The van der Waals surface area contributed by atoms with E-state index in [1.54, 1.807) is 55.5 Å². The predicted molar refractivity (Wildman–Crippen MR) is 103 cm³/mol. The monoisotopic (exact) mass is 433 g/mol. The van der Waals surface area contributed by atoms with E-state index >= 15 is 0 Å². The van der Waals surface area contributed by atoms with E-state index in [4.69, 9.17) is 9.47 Å². The Balaban J connectivity index is 1.95. The average Bonchev–Trinajstić information content (AvgIpc) is 2.67. The van der Waals surface area contributed by atoms with Crippen LogP contribution >= 0.6 is 15.9 Å². The smallest absolute Gasteiger partial charge is 0.407 e. The van der Waals surface area contributed by atoms with Crippen LogP contribution in [0, 0.1) is 0 Å². The molecule has 0 unspecified atom stereocenters. The number of nitrogens with one attached hydrogen (secondary N) is 1. The first-order valence-corrected chi connectivity index (χ1v) is 9.21. The van der Waals surface area contributed by atoms with E-state index in [-0.39, 0.29) is 25.4 Å². The lowest BCUT2D eigenvalue weighted by Gasteiger charge is -2.18. The molecule has 0 aliphatic heterocycles. The molecule has 1 N–H and O–H groups in total. The number of halogens is 1. The van der Waals surface area contributed by atoms with Crippen LogP contribution in [0.2, 0.25) is 0 Å². The molecular weight excluding hydrogens is 414 g/mol. The zero-order valence-corrected chi connectivity index (χ0v) is 16.4. The van der Waals surface area contributed by atoms with E-state index < -0.39 is 18.1 Å². The first-order chi connectivity index (χ1) is 13.0. The highest BCUT2D eigenvalue weighted by Crippen LogP contribution is 2.18. The standard InChI is InChI=1S/C20H20BrNO5/c1-2-26-20(25)22-17(14-6-4-3-5-7-14)12-19(24)27-13-18(23)15-8-10-16(21)11-9-15/h3-11,17H,2,12-13H2,1H3,(H,22,25)/t17-/m0/s1. The molecule has 0 aliphatic carbocycles. The molecule has 2 rings (SSSR count). The number of carbonyl (C=O) groups is 3. The maximum atomic E-state index is 12.2. The summed E-state index contributed by atoms with van der Waals surface area (Å²) in [5.41, 5.74) is 1.19. The highest BCUT2D eigenvalue weighted by atomic mass is 79.9. The van der Waals surface area contributed by atoms with Crippen LogP contribution in [0.4, 0.5) is 4.79 Å². The van der Waals surface area contributed by atoms with Gasteiger partial charge >= 0.3 is 12.1 Å². The summed E-state index contributed by atoms with van der Waals surface area (Å²) < 4.78 is 10.8. The second-order valence-corrected chi connectivity index (χ2v) is 6.54. The molecule has 0 aliphatic rings. The number of ketones is 1. The molecule has 2 aromatic carbocycles. The number of amides is 1. The SMILES string of the molecule is CCOC(=O)N[C@@H](CC(=O)OCC(=O)c1ccc(Br)cc1)c1ccccc1. The number of ether oxygens (including phenoxy) is 2. The van der Waals surface area contributed by atoms with Crippen molar-refractivity contribution in [1.29, 1.82) is 0 Å². The molecule has 0 bridgehead atoms. The largest absolute Gasteiger partial charge is 0.457 e. The Morgan fingerprint density at radius 3 is 2.30 bits per heavy atom. The zero-order valence-electron chi connectivity index (χ0n) is 14.8. The summed E-state index contributed by atoms with van der Waals surface area (Å²) in [6.07, 6.45) is -0.735. The van der Waals surface area contributed by atoms with Gasteiger partial charge in [0.1, 0.15) is 0 Å². The van der Waals surface area contributed by atoms with Crippen LogP contribution in [0.3, 0.4) is 0 Å². The van der Waals surface area contributed by atoms with Gasteiger partial charge < -0.3 is 14.8 Å². The lowest BCUT2D eigenvalue weighted by molar-refractivity contribution is -0.143. The number of Topliss-reactive ketones (excluding diaryl/α,β-unsaturated/α-hetero) is 1. The summed E-state index contributed by atoms with van der Waals surface area (Å²) in [7, 11) is 0. The van der Waals surface area contributed by atoms with Crippen molar-refractivity contribution in [3.05, 3.63) is 70.2 Å². The molecule has 0 fully saturated rings. The number of benzene rings is 2. The minimum atomic E-state index is -0.620. The van der Waals surface area contributed by atoms with Crippen LogP contribution in [-0.2, 0) is 14.3 Å². The van der Waals surface area contributed by atoms with Crippen molar-refractivity contribution < 1.29 is 23.9 Å². The Morgan fingerprint density at radius 2 is 1.67 bits per heavy atom. The van der Waals surface area contributed by atoms with Crippen LogP contribution < -0.4 is 5.32 Å². The molecule has 0 saturated heterocycles. The van der Waals surface area contributed by atoms with Gasteiger partial charge in [-0.2, -0.15) is 0 Å². The Kier molecular flexibility index (Phi) is 8.00. The van der Waals surface area contributed by atoms with E-state index in [2.05, 4.69) is 21.2 Å². The highest BCUT2D eigenvalue weighted by molar-refractivity contribution is 9.10. The Hall–Kier alpha value is -2.67. The van der Waals surface area contributed by atoms with Gasteiger partial charge in [0.2, 0.25) is 0 Å². The third-order valence-corrected chi connectivity index (χ3v) is 4.20. The quantitative estimate of drug-likeness (QED) is 0.501. The molecule has 27 heavy (non-hydrogen) atoms. The maximum absolute atomic E-state index is 12.2. The molecule has 0 spiro atoms. The summed E-state index contributed by atoms with van der Waals surface area (Å²) in [6.45, 7) is 1.56. The van der Waals surface area contributed by atoms with E-state index in [0.717, 1.165) is 10.0 Å². The van der Waals surface area contributed by atoms with Gasteiger partial charge in [0.15, 0.2) is 12.4 Å². The van der Waals surface area contributed by atoms with Crippen LogP contribution in [0.5, 0.6) is 0 Å². The summed E-state index contributed by atoms with van der Waals surface area (Å²) in [6, 6.07) is 15.2. The fraction of sp³-hybridized carbons (Fsp3) is 0.250. The van der Waals surface area contributed by atoms with Gasteiger partial charge in [-0.1, -0.05) is 58.4 Å². The van der Waals surface area contributed by atoms with Crippen molar-refractivity contribution in [2.45, 2.75) is 19.4 Å². The summed E-state index contributed by atoms with van der Waals surface area (Å²) in [5.74, 6) is -0.892. The number of hydrogen-bond acceptors (Lipinski definition) is 5. The van der Waals surface area contributed by atoms with E-state index in [0.29, 0.717) is 5.56 Å². The zero-order chi connectivity index (χ0) is 19.6. The third-order valence-electron chi connectivity index (χ3n) is 3.67. The van der Waals surface area contributed by atoms with Crippen LogP contribution in [0.15, 0.2) is 59.1 Å². The van der Waals surface area contributed by atoms with Gasteiger partial charge in [-0.25, -0.2) is 4.79 Å². The molecule has 142 valence electrons. The molecule has 6 nitrogen and oxygen atoms in total. The number of hydrogen-bond donors (Lipinski definition) is 1. The molecule has 0 heterocycles. The van der Waals surface area contributed by atoms with Crippen molar-refractivity contribution in [3.63, 3.8) is 0 Å². The topological polar surface area (TPSA) is 81.7 Å². The van der Waals surface area contributed by atoms with Gasteiger partial charge in [0.05, 0.1) is 19.1 Å². The number of carbonyl (C=O) groups excluding carboxylic acids is 3. The van der Waals surface area contributed by atoms with Crippen LogP contribution in [0.25, 0.3) is 0 Å². The Morgan fingerprint density at radius 1 is 1.00 bits per heavy atom. The molecule has 0 radical (unpaired) electrons. The lowest BCUT2D eigenvalue weighted by atomic mass is 10.0. The van der Waals surface area contributed by atoms with E-state index in [9.17, 15) is 14.4 Å². The lowest BCUT2D eigenvalue weighted by Crippen LogP contribution is -2.31. The molecule has 1 amide bonds. The fourth-order valence-electron chi connectivity index (χ4n) is 2.34. The fourth-order valence-corrected chi connectivity index (χ4v) is 2.61. The molecule has 7 heteroatoms. The average molecular weight is 434 g/mol. The summed E-state index contributed by atoms with van der Waals surface area (Å²) >= 11 is 3.30. The van der Waals surface area contributed by atoms with E-state index in [1.807, 2.05) is 6.07 Å². The Labute approximate surface area is 166 Å². The second-order valence-electron chi connectivity index (χ2n) is 5.62. The van der Waals surface area contributed by atoms with Crippen LogP contribution in [0.1, 0.15) is 35.3 Å². The van der Waals surface area contributed by atoms with Crippen LogP contribution in [-0.4, -0.2) is 31.1 Å². The van der Waals surface area contributed by atoms with Crippen molar-refractivity contribution in [3.8, 4) is 0 Å². The Bertz CT molecular complexity index is 777. The number of alkyl carbamates (subject to hydrolysis) is 1. The molecule has 1 atom stereocenters. The van der Waals surface area contributed by atoms with E-state index in [1.165, 1.54) is 0 Å². The molecule has 0 saturated carbocycles. The minimum Gasteiger partial charge on any atom is -0.457 e. The second kappa shape index (κ2) is 10.5. The number of rotatable bonds is 8. The first-order valence-electron chi connectivity index (χ1n) is 8.42. The normalized spacial score (nSPS) is 11.3. The minimum absolute atomic E-state index is 0.115. The van der Waals surface area contributed by atoms with Gasteiger partial charge in [-0.05, 0) is 24.6 Å². The van der Waals surface area contributed by atoms with Crippen molar-refractivity contribution in [1.82, 2.24) is 5.32 Å². The summed E-state index contributed by atoms with van der Waals surface area (Å²) in [5, 5.41) is 2.64. The van der Waals surface area contributed by atoms with Crippen molar-refractivity contribution in [2.75, 3.05) is 13.2 Å². The van der Waals surface area contributed by atoms with Crippen molar-refractivity contribution >= 4 is 33.8 Å². The molecule has 0 aromatic heterocycles.